The topological polar surface area (TPSA) is 210 Å². The summed E-state index contributed by atoms with van der Waals surface area (Å²) in [5.41, 5.74) is 0. The highest BCUT2D eigenvalue weighted by Crippen LogP contribution is 2.45. The zero-order chi connectivity index (χ0) is 50.4. The number of unbranched alkanes of at least 4 members (excludes halogenated alkanes) is 30. The van der Waals surface area contributed by atoms with Gasteiger partial charge in [0.25, 0.3) is 0 Å². The van der Waals surface area contributed by atoms with E-state index in [1.807, 2.05) is 0 Å². The number of ether oxygens (including phenoxy) is 2. The minimum absolute atomic E-state index is 0.0118. The number of aliphatic hydroxyl groups is 5. The first-order valence-electron chi connectivity index (χ1n) is 27.5. The second-order valence-corrected chi connectivity index (χ2v) is 19.9. The number of phosphoric ester groups is 1. The molecule has 0 bridgehead atoms. The normalized spacial score (nSPS) is 15.9. The molecule has 2 unspecified atom stereocenters. The lowest BCUT2D eigenvalue weighted by Gasteiger charge is -2.28. The Kier molecular flexibility index (Phi) is 45.4. The van der Waals surface area contributed by atoms with E-state index >= 15 is 0 Å². The molecule has 0 amide bonds. The maximum atomic E-state index is 12.9. The fraction of sp³-hybridized carbons (Fsp3) is 0.887. The number of phosphoric acid groups is 1. The van der Waals surface area contributed by atoms with Crippen LogP contribution in [0, 0.1) is 0 Å². The minimum Gasteiger partial charge on any atom is -0.462 e. The molecule has 0 heterocycles. The van der Waals surface area contributed by atoms with Crippen molar-refractivity contribution in [1.82, 2.24) is 0 Å². The monoisotopic (exact) mass is 978 g/mol. The largest absolute Gasteiger partial charge is 0.472 e. The maximum Gasteiger partial charge on any atom is 0.472 e. The first-order chi connectivity index (χ1) is 32.9. The highest BCUT2D eigenvalue weighted by atomic mass is 31.2. The fourth-order valence-corrected chi connectivity index (χ4v) is 8.69. The summed E-state index contributed by atoms with van der Waals surface area (Å²) in [7, 11) is -5.17. The van der Waals surface area contributed by atoms with Crippen LogP contribution < -0.4 is 0 Å². The van der Waals surface area contributed by atoms with Crippen molar-refractivity contribution in [2.75, 3.05) is 26.4 Å². The van der Waals surface area contributed by atoms with Crippen molar-refractivity contribution in [3.8, 4) is 0 Å². The minimum atomic E-state index is -5.17. The Balaban J connectivity index is 4.65. The van der Waals surface area contributed by atoms with Gasteiger partial charge in [0.05, 0.1) is 21.2 Å². The standard InChI is InChI=1S/C53H101O13P/c1-3-5-7-9-11-13-15-17-19-20-21-22-23-24-25-26-28-29-31-33-35-37-39-41-50(57)63-45-47(46-64-67(61,62)66-49(44-55)53(60)52(59)48(56)43-54)65-51(58)42-40-38-36-34-32-30-27-18-16-14-12-10-8-6-4-2/h15,17,31,33,47-49,52-56,59-60H,3-14,16,18-30,32,34-46H2,1-2H3,(H,61,62)/b17-15-,33-31-/t47-,48-,49-,52-,53-/m1/s1/i45D/t45?,47-,48-,49-,52-,53-. The number of aliphatic hydroxyl groups excluding tert-OH is 5. The summed E-state index contributed by atoms with van der Waals surface area (Å²) in [5.74, 6) is -1.42. The van der Waals surface area contributed by atoms with Crippen molar-refractivity contribution in [3.63, 3.8) is 0 Å². The summed E-state index contributed by atoms with van der Waals surface area (Å²) < 4.78 is 41.7. The summed E-state index contributed by atoms with van der Waals surface area (Å²) in [5, 5.41) is 48.5. The van der Waals surface area contributed by atoms with Gasteiger partial charge in [-0.15, -0.1) is 0 Å². The average molecular weight is 978 g/mol. The second-order valence-electron chi connectivity index (χ2n) is 18.5. The number of esters is 2. The van der Waals surface area contributed by atoms with E-state index in [-0.39, 0.29) is 12.8 Å². The smallest absolute Gasteiger partial charge is 0.462 e. The molecule has 14 heteroatoms. The van der Waals surface area contributed by atoms with Crippen molar-refractivity contribution < 1.29 is 64.5 Å². The predicted octanol–water partition coefficient (Wildman–Crippen LogP) is 12.2. The summed E-state index contributed by atoms with van der Waals surface area (Å²) in [6.07, 6.45) is 39.3. The Morgan fingerprint density at radius 3 is 1.28 bits per heavy atom. The Morgan fingerprint density at radius 2 is 0.881 bits per heavy atom. The molecule has 0 aromatic heterocycles. The molecule has 0 spiro atoms. The van der Waals surface area contributed by atoms with Crippen molar-refractivity contribution in [2.45, 2.75) is 276 Å². The van der Waals surface area contributed by atoms with Gasteiger partial charge >= 0.3 is 19.8 Å². The first-order valence-corrected chi connectivity index (χ1v) is 28.4. The number of allylic oxidation sites excluding steroid dienone is 4. The maximum absolute atomic E-state index is 12.9. The molecule has 0 fully saturated rings. The van der Waals surface area contributed by atoms with Gasteiger partial charge in [0.1, 0.15) is 31.0 Å². The number of carbonyl (C=O) groups excluding carboxylic acids is 2. The molecule has 0 aromatic rings. The van der Waals surface area contributed by atoms with Crippen LogP contribution in [0.15, 0.2) is 24.3 Å². The van der Waals surface area contributed by atoms with E-state index in [1.54, 1.807) is 0 Å². The molecule has 7 atom stereocenters. The number of hydrogen-bond acceptors (Lipinski definition) is 12. The van der Waals surface area contributed by atoms with Gasteiger partial charge in [0.15, 0.2) is 6.10 Å². The van der Waals surface area contributed by atoms with Crippen molar-refractivity contribution in [3.05, 3.63) is 24.3 Å². The molecule has 13 nitrogen and oxygen atoms in total. The van der Waals surface area contributed by atoms with Crippen LogP contribution in [0.5, 0.6) is 0 Å². The zero-order valence-electron chi connectivity index (χ0n) is 43.3. The Morgan fingerprint density at radius 1 is 0.522 bits per heavy atom. The van der Waals surface area contributed by atoms with E-state index in [2.05, 4.69) is 38.2 Å². The molecule has 0 aliphatic carbocycles. The van der Waals surface area contributed by atoms with Crippen LogP contribution in [-0.4, -0.2) is 99.3 Å². The molecule has 0 aliphatic heterocycles. The number of hydrogen-bond donors (Lipinski definition) is 6. The third-order valence-corrected chi connectivity index (χ3v) is 13.1. The molecule has 67 heavy (non-hydrogen) atoms. The van der Waals surface area contributed by atoms with Crippen LogP contribution >= 0.6 is 7.82 Å². The molecular weight excluding hydrogens is 876 g/mol. The van der Waals surface area contributed by atoms with E-state index in [9.17, 15) is 39.5 Å². The number of rotatable bonds is 51. The molecule has 6 N–H and O–H groups in total. The summed E-state index contributed by atoms with van der Waals surface area (Å²) >= 11 is 0. The van der Waals surface area contributed by atoms with Crippen LogP contribution in [0.2, 0.25) is 0 Å². The van der Waals surface area contributed by atoms with Gasteiger partial charge < -0.3 is 39.9 Å². The average Bonchev–Trinajstić information content (AvgIpc) is 3.32. The Bertz CT molecular complexity index is 1260. The summed E-state index contributed by atoms with van der Waals surface area (Å²) in [6.45, 7) is -0.278. The van der Waals surface area contributed by atoms with E-state index < -0.39 is 76.7 Å². The summed E-state index contributed by atoms with van der Waals surface area (Å²) in [6, 6.07) is 0. The van der Waals surface area contributed by atoms with E-state index in [0.717, 1.165) is 51.4 Å². The molecule has 396 valence electrons. The van der Waals surface area contributed by atoms with Crippen molar-refractivity contribution in [2.24, 2.45) is 0 Å². The molecule has 0 aliphatic rings. The third kappa shape index (κ3) is 42.9. The van der Waals surface area contributed by atoms with Gasteiger partial charge in [0.2, 0.25) is 0 Å². The first kappa shape index (κ1) is 63.3. The lowest BCUT2D eigenvalue weighted by Crippen LogP contribution is -2.47. The Hall–Kier alpha value is -1.67. The van der Waals surface area contributed by atoms with Gasteiger partial charge in [0, 0.05) is 12.8 Å². The summed E-state index contributed by atoms with van der Waals surface area (Å²) in [4.78, 5) is 35.9. The predicted molar refractivity (Wildman–Crippen MR) is 270 cm³/mol. The van der Waals surface area contributed by atoms with E-state index in [0.29, 0.717) is 12.8 Å². The van der Waals surface area contributed by atoms with Crippen molar-refractivity contribution >= 4 is 19.8 Å². The number of carbonyl (C=O) groups is 2. The molecule has 0 rings (SSSR count). The quantitative estimate of drug-likeness (QED) is 0.0145. The van der Waals surface area contributed by atoms with Crippen molar-refractivity contribution in [1.29, 1.82) is 0 Å². The van der Waals surface area contributed by atoms with Crippen LogP contribution in [0.4, 0.5) is 0 Å². The van der Waals surface area contributed by atoms with Crippen LogP contribution in [0.25, 0.3) is 0 Å². The van der Waals surface area contributed by atoms with Gasteiger partial charge in [-0.05, 0) is 64.2 Å². The molecule has 0 saturated carbocycles. The molecular formula is C53H101O13P. The van der Waals surface area contributed by atoms with Gasteiger partial charge in [-0.3, -0.25) is 18.6 Å². The van der Waals surface area contributed by atoms with Crippen LogP contribution in [0.3, 0.4) is 0 Å². The lowest BCUT2D eigenvalue weighted by molar-refractivity contribution is -0.161. The second kappa shape index (κ2) is 48.0. The lowest BCUT2D eigenvalue weighted by atomic mass is 10.0. The zero-order valence-corrected chi connectivity index (χ0v) is 43.2. The van der Waals surface area contributed by atoms with Gasteiger partial charge in [-0.1, -0.05) is 192 Å². The Labute approximate surface area is 409 Å². The molecule has 0 radical (unpaired) electrons. The SMILES string of the molecule is [2H]C(OC(=O)CCCC/C=C\CCCCCCCCCC/C=C\CCCCCCC)[C@H](COP(=O)(O)O[C@H](CO)[C@@H](O)[C@H](O)[C@H](O)CO)OC(=O)CCCCCCCCCCCCCCCCC. The highest BCUT2D eigenvalue weighted by Gasteiger charge is 2.37. The highest BCUT2D eigenvalue weighted by molar-refractivity contribution is 7.47. The molecule has 0 saturated heterocycles. The fourth-order valence-electron chi connectivity index (χ4n) is 7.76. The van der Waals surface area contributed by atoms with Crippen LogP contribution in [-0.2, 0) is 32.7 Å². The van der Waals surface area contributed by atoms with E-state index in [1.165, 1.54) is 154 Å². The molecule has 0 aromatic carbocycles. The van der Waals surface area contributed by atoms with Gasteiger partial charge in [-0.25, -0.2) is 4.57 Å². The van der Waals surface area contributed by atoms with Gasteiger partial charge in [-0.2, -0.15) is 0 Å². The van der Waals surface area contributed by atoms with Crippen LogP contribution in [0.1, 0.15) is 246 Å². The third-order valence-electron chi connectivity index (χ3n) is 12.1. The van der Waals surface area contributed by atoms with E-state index in [4.69, 9.17) is 25.0 Å².